The van der Waals surface area contributed by atoms with Gasteiger partial charge >= 0.3 is 0 Å². The molecular weight excluding hydrogens is 366 g/mol. The van der Waals surface area contributed by atoms with Crippen LogP contribution in [0.5, 0.6) is 0 Å². The summed E-state index contributed by atoms with van der Waals surface area (Å²) in [6.07, 6.45) is 0. The molecule has 0 atom stereocenters. The number of anilines is 3. The Balaban J connectivity index is 1.95. The Morgan fingerprint density at radius 2 is 1.75 bits per heavy atom. The predicted molar refractivity (Wildman–Crippen MR) is 106 cm³/mol. The third-order valence-electron chi connectivity index (χ3n) is 3.91. The number of rotatable bonds is 7. The first-order chi connectivity index (χ1) is 11.5. The Kier molecular flexibility index (Phi) is 6.67. The summed E-state index contributed by atoms with van der Waals surface area (Å²) >= 11 is 3.39. The van der Waals surface area contributed by atoms with E-state index in [1.165, 1.54) is 5.69 Å². The normalized spacial score (nSPS) is 10.3. The molecular formula is C19H24BrN3O. The van der Waals surface area contributed by atoms with E-state index in [4.69, 9.17) is 0 Å². The van der Waals surface area contributed by atoms with Crippen LogP contribution in [0.3, 0.4) is 0 Å². The SMILES string of the molecule is CCN(CC)c1ccc(NC(=O)CNc2ccc(Br)cc2)c(C)c1. The topological polar surface area (TPSA) is 44.4 Å². The largest absolute Gasteiger partial charge is 0.376 e. The lowest BCUT2D eigenvalue weighted by molar-refractivity contribution is -0.114. The molecule has 0 bridgehead atoms. The molecule has 1 amide bonds. The number of aryl methyl sites for hydroxylation is 1. The molecule has 0 aliphatic heterocycles. The molecule has 2 aromatic carbocycles. The highest BCUT2D eigenvalue weighted by Gasteiger charge is 2.08. The molecule has 4 nitrogen and oxygen atoms in total. The summed E-state index contributed by atoms with van der Waals surface area (Å²) in [7, 11) is 0. The number of hydrogen-bond donors (Lipinski definition) is 2. The van der Waals surface area contributed by atoms with Gasteiger partial charge in [0.15, 0.2) is 0 Å². The van der Waals surface area contributed by atoms with Crippen molar-refractivity contribution in [2.24, 2.45) is 0 Å². The average Bonchev–Trinajstić information content (AvgIpc) is 2.58. The summed E-state index contributed by atoms with van der Waals surface area (Å²) in [6.45, 7) is 8.48. The molecule has 0 heterocycles. The zero-order valence-corrected chi connectivity index (χ0v) is 16.0. The van der Waals surface area contributed by atoms with Gasteiger partial charge in [-0.05, 0) is 68.8 Å². The summed E-state index contributed by atoms with van der Waals surface area (Å²) < 4.78 is 1.02. The van der Waals surface area contributed by atoms with Crippen LogP contribution in [0.4, 0.5) is 17.1 Å². The van der Waals surface area contributed by atoms with Crippen molar-refractivity contribution in [1.29, 1.82) is 0 Å². The molecule has 24 heavy (non-hydrogen) atoms. The maximum Gasteiger partial charge on any atom is 0.243 e. The fourth-order valence-electron chi connectivity index (χ4n) is 2.52. The van der Waals surface area contributed by atoms with E-state index >= 15 is 0 Å². The average molecular weight is 390 g/mol. The van der Waals surface area contributed by atoms with Gasteiger partial charge in [0, 0.05) is 34.6 Å². The van der Waals surface area contributed by atoms with Gasteiger partial charge in [0.1, 0.15) is 0 Å². The van der Waals surface area contributed by atoms with Gasteiger partial charge in [-0.15, -0.1) is 0 Å². The van der Waals surface area contributed by atoms with Crippen LogP contribution in [-0.4, -0.2) is 25.5 Å². The highest BCUT2D eigenvalue weighted by molar-refractivity contribution is 9.10. The number of benzene rings is 2. The van der Waals surface area contributed by atoms with E-state index < -0.39 is 0 Å². The molecule has 0 saturated heterocycles. The molecule has 2 rings (SSSR count). The summed E-state index contributed by atoms with van der Waals surface area (Å²) in [5.41, 5.74) is 4.02. The first-order valence-electron chi connectivity index (χ1n) is 8.18. The van der Waals surface area contributed by atoms with Crippen LogP contribution in [-0.2, 0) is 4.79 Å². The van der Waals surface area contributed by atoms with Crippen molar-refractivity contribution in [3.63, 3.8) is 0 Å². The second-order valence-electron chi connectivity index (χ2n) is 5.58. The second-order valence-corrected chi connectivity index (χ2v) is 6.50. The van der Waals surface area contributed by atoms with Crippen molar-refractivity contribution in [3.05, 3.63) is 52.5 Å². The zero-order chi connectivity index (χ0) is 17.5. The molecule has 0 aliphatic carbocycles. The number of amides is 1. The van der Waals surface area contributed by atoms with Gasteiger partial charge in [0.25, 0.3) is 0 Å². The van der Waals surface area contributed by atoms with Crippen molar-refractivity contribution in [2.75, 3.05) is 35.2 Å². The van der Waals surface area contributed by atoms with Gasteiger partial charge in [-0.3, -0.25) is 4.79 Å². The molecule has 2 N–H and O–H groups in total. The lowest BCUT2D eigenvalue weighted by Crippen LogP contribution is -2.23. The van der Waals surface area contributed by atoms with E-state index in [0.29, 0.717) is 0 Å². The van der Waals surface area contributed by atoms with Crippen LogP contribution in [0, 0.1) is 6.92 Å². The van der Waals surface area contributed by atoms with Crippen LogP contribution in [0.1, 0.15) is 19.4 Å². The Morgan fingerprint density at radius 1 is 1.08 bits per heavy atom. The highest BCUT2D eigenvalue weighted by atomic mass is 79.9. The van der Waals surface area contributed by atoms with Gasteiger partial charge < -0.3 is 15.5 Å². The number of nitrogens with one attached hydrogen (secondary N) is 2. The molecule has 0 aromatic heterocycles. The fraction of sp³-hybridized carbons (Fsp3) is 0.316. The second kappa shape index (κ2) is 8.73. The molecule has 5 heteroatoms. The Morgan fingerprint density at radius 3 is 2.33 bits per heavy atom. The molecule has 0 fully saturated rings. The van der Waals surface area contributed by atoms with Crippen molar-refractivity contribution in [2.45, 2.75) is 20.8 Å². The maximum atomic E-state index is 12.1. The molecule has 0 spiro atoms. The monoisotopic (exact) mass is 389 g/mol. The van der Waals surface area contributed by atoms with Gasteiger partial charge in [-0.2, -0.15) is 0 Å². The van der Waals surface area contributed by atoms with E-state index in [2.05, 4.69) is 57.4 Å². The van der Waals surface area contributed by atoms with Crippen LogP contribution in [0.15, 0.2) is 46.9 Å². The smallest absolute Gasteiger partial charge is 0.243 e. The molecule has 0 radical (unpaired) electrons. The van der Waals surface area contributed by atoms with Gasteiger partial charge in [0.2, 0.25) is 5.91 Å². The maximum absolute atomic E-state index is 12.1. The van der Waals surface area contributed by atoms with Gasteiger partial charge in [-0.25, -0.2) is 0 Å². The van der Waals surface area contributed by atoms with E-state index in [0.717, 1.165) is 34.5 Å². The Bertz CT molecular complexity index is 682. The van der Waals surface area contributed by atoms with Gasteiger partial charge in [0.05, 0.1) is 6.54 Å². The molecule has 0 saturated carbocycles. The van der Waals surface area contributed by atoms with E-state index in [1.54, 1.807) is 0 Å². The van der Waals surface area contributed by atoms with Crippen molar-refractivity contribution in [1.82, 2.24) is 0 Å². The minimum Gasteiger partial charge on any atom is -0.376 e. The molecule has 2 aromatic rings. The lowest BCUT2D eigenvalue weighted by atomic mass is 10.1. The van der Waals surface area contributed by atoms with Gasteiger partial charge in [-0.1, -0.05) is 15.9 Å². The van der Waals surface area contributed by atoms with Crippen molar-refractivity contribution in [3.8, 4) is 0 Å². The number of carbonyl (C=O) groups excluding carboxylic acids is 1. The lowest BCUT2D eigenvalue weighted by Gasteiger charge is -2.22. The zero-order valence-electron chi connectivity index (χ0n) is 14.4. The third-order valence-corrected chi connectivity index (χ3v) is 4.44. The minimum absolute atomic E-state index is 0.0587. The summed E-state index contributed by atoms with van der Waals surface area (Å²) in [4.78, 5) is 14.4. The van der Waals surface area contributed by atoms with Crippen molar-refractivity contribution < 1.29 is 4.79 Å². The first-order valence-corrected chi connectivity index (χ1v) is 8.97. The third kappa shape index (κ3) is 4.99. The van der Waals surface area contributed by atoms with E-state index in [9.17, 15) is 4.79 Å². The summed E-state index contributed by atoms with van der Waals surface area (Å²) in [5, 5.41) is 6.08. The molecule has 0 unspecified atom stereocenters. The fourth-order valence-corrected chi connectivity index (χ4v) is 2.78. The van der Waals surface area contributed by atoms with E-state index in [1.807, 2.05) is 37.3 Å². The number of nitrogens with zero attached hydrogens (tertiary/aromatic N) is 1. The summed E-state index contributed by atoms with van der Waals surface area (Å²) in [6, 6.07) is 13.9. The van der Waals surface area contributed by atoms with Crippen LogP contribution in [0.25, 0.3) is 0 Å². The van der Waals surface area contributed by atoms with Crippen LogP contribution in [0.2, 0.25) is 0 Å². The van der Waals surface area contributed by atoms with Crippen molar-refractivity contribution >= 4 is 38.9 Å². The predicted octanol–water partition coefficient (Wildman–Crippen LogP) is 4.65. The van der Waals surface area contributed by atoms with E-state index in [-0.39, 0.29) is 12.5 Å². The molecule has 128 valence electrons. The number of carbonyl (C=O) groups is 1. The minimum atomic E-state index is -0.0587. The molecule has 0 aliphatic rings. The van der Waals surface area contributed by atoms with Crippen LogP contribution < -0.4 is 15.5 Å². The number of halogens is 1. The number of hydrogen-bond acceptors (Lipinski definition) is 3. The first kappa shape index (κ1) is 18.3. The highest BCUT2D eigenvalue weighted by Crippen LogP contribution is 2.22. The Labute approximate surface area is 152 Å². The Hall–Kier alpha value is -2.01. The van der Waals surface area contributed by atoms with Crippen LogP contribution >= 0.6 is 15.9 Å². The quantitative estimate of drug-likeness (QED) is 0.723. The standard InChI is InChI=1S/C19H24BrN3O/c1-4-23(5-2)17-10-11-18(14(3)12-17)22-19(24)13-21-16-8-6-15(20)7-9-16/h6-12,21H,4-5,13H2,1-3H3,(H,22,24). The summed E-state index contributed by atoms with van der Waals surface area (Å²) in [5.74, 6) is -0.0587.